The molecule has 0 radical (unpaired) electrons. The molecule has 0 bridgehead atoms. The molecule has 0 aliphatic heterocycles. The number of carbonyl (C=O) groups excluding carboxylic acids is 2. The summed E-state index contributed by atoms with van der Waals surface area (Å²) in [7, 11) is 1.24. The fourth-order valence-electron chi connectivity index (χ4n) is 1.59. The van der Waals surface area contributed by atoms with Crippen LogP contribution >= 0.6 is 11.6 Å². The van der Waals surface area contributed by atoms with Gasteiger partial charge in [-0.2, -0.15) is 0 Å². The molecule has 0 spiro atoms. The lowest BCUT2D eigenvalue weighted by Gasteiger charge is -2.06. The molecule has 6 nitrogen and oxygen atoms in total. The minimum absolute atomic E-state index is 0.0852. The third-order valence-corrected chi connectivity index (χ3v) is 3.16. The van der Waals surface area contributed by atoms with Crippen molar-refractivity contribution in [3.8, 4) is 0 Å². The van der Waals surface area contributed by atoms with Crippen molar-refractivity contribution in [3.63, 3.8) is 0 Å². The first-order chi connectivity index (χ1) is 10.9. The molecule has 0 saturated heterocycles. The summed E-state index contributed by atoms with van der Waals surface area (Å²) in [6.07, 6.45) is 1.81. The van der Waals surface area contributed by atoms with Crippen molar-refractivity contribution in [2.75, 3.05) is 13.7 Å². The summed E-state index contributed by atoms with van der Waals surface area (Å²) < 4.78 is 9.58. The second-order valence-electron chi connectivity index (χ2n) is 4.52. The van der Waals surface area contributed by atoms with Crippen molar-refractivity contribution >= 4 is 35.4 Å². The summed E-state index contributed by atoms with van der Waals surface area (Å²) in [6, 6.07) is 4.64. The highest BCUT2D eigenvalue weighted by molar-refractivity contribution is 6.36. The highest BCUT2D eigenvalue weighted by atomic mass is 35.5. The zero-order valence-electron chi connectivity index (χ0n) is 13.1. The third kappa shape index (κ3) is 5.10. The fourth-order valence-corrected chi connectivity index (χ4v) is 1.84. The molecule has 23 heavy (non-hydrogen) atoms. The van der Waals surface area contributed by atoms with E-state index in [1.807, 2.05) is 6.92 Å². The normalized spacial score (nSPS) is 12.0. The molecule has 7 heteroatoms. The van der Waals surface area contributed by atoms with E-state index in [1.54, 1.807) is 12.1 Å². The summed E-state index contributed by atoms with van der Waals surface area (Å²) in [4.78, 5) is 27.5. The van der Waals surface area contributed by atoms with Gasteiger partial charge in [0.2, 0.25) is 0 Å². The Morgan fingerprint density at radius 2 is 2.09 bits per heavy atom. The van der Waals surface area contributed by atoms with Crippen molar-refractivity contribution in [1.29, 1.82) is 0 Å². The molecule has 1 N–H and O–H groups in total. The van der Waals surface area contributed by atoms with Gasteiger partial charge in [0.15, 0.2) is 0 Å². The number of allylic oxidation sites excluding steroid dienone is 1. The molecule has 0 heterocycles. The van der Waals surface area contributed by atoms with Gasteiger partial charge in [-0.3, -0.25) is 4.99 Å². The van der Waals surface area contributed by atoms with Gasteiger partial charge >= 0.3 is 11.9 Å². The van der Waals surface area contributed by atoms with Crippen LogP contribution < -0.4 is 0 Å². The number of nitrogens with zero attached hydrogens (tertiary/aromatic N) is 1. The molecule has 1 aromatic rings. The first kappa shape index (κ1) is 18.7. The Morgan fingerprint density at radius 3 is 2.65 bits per heavy atom. The van der Waals surface area contributed by atoms with E-state index in [0.717, 1.165) is 6.21 Å². The standard InChI is InChI=1S/C16H18ClNO5/c1-4-8-23-16(21)12(10(2)19)9-18-13-7-5-6-11(14(13)17)15(20)22-3/h5-7,9,19H,4,8H2,1-3H3. The van der Waals surface area contributed by atoms with Crippen molar-refractivity contribution in [3.05, 3.63) is 40.1 Å². The molecule has 0 amide bonds. The zero-order valence-corrected chi connectivity index (χ0v) is 13.9. The molecule has 124 valence electrons. The number of methoxy groups -OCH3 is 1. The van der Waals surface area contributed by atoms with E-state index >= 15 is 0 Å². The lowest BCUT2D eigenvalue weighted by atomic mass is 10.2. The Bertz CT molecular complexity index is 648. The van der Waals surface area contributed by atoms with Crippen LogP contribution in [0.25, 0.3) is 0 Å². The van der Waals surface area contributed by atoms with E-state index in [4.69, 9.17) is 16.3 Å². The summed E-state index contributed by atoms with van der Waals surface area (Å²) in [5, 5.41) is 9.68. The number of benzene rings is 1. The third-order valence-electron chi connectivity index (χ3n) is 2.76. The summed E-state index contributed by atoms with van der Waals surface area (Å²) in [5.74, 6) is -1.51. The van der Waals surface area contributed by atoms with Crippen molar-refractivity contribution in [2.45, 2.75) is 20.3 Å². The number of aliphatic hydroxyl groups excluding tert-OH is 1. The highest BCUT2D eigenvalue weighted by Gasteiger charge is 2.15. The maximum atomic E-state index is 11.8. The van der Waals surface area contributed by atoms with Crippen LogP contribution in [0.5, 0.6) is 0 Å². The van der Waals surface area contributed by atoms with E-state index < -0.39 is 11.9 Å². The van der Waals surface area contributed by atoms with Gasteiger partial charge in [-0.05, 0) is 25.5 Å². The number of aliphatic hydroxyl groups is 1. The van der Waals surface area contributed by atoms with Crippen LogP contribution in [-0.2, 0) is 14.3 Å². The Hall–Kier alpha value is -2.34. The van der Waals surface area contributed by atoms with Crippen molar-refractivity contribution in [1.82, 2.24) is 0 Å². The molecule has 0 saturated carbocycles. The first-order valence-electron chi connectivity index (χ1n) is 6.90. The average Bonchev–Trinajstić information content (AvgIpc) is 2.53. The van der Waals surface area contributed by atoms with Crippen LogP contribution in [0.1, 0.15) is 30.6 Å². The van der Waals surface area contributed by atoms with E-state index in [9.17, 15) is 14.7 Å². The van der Waals surface area contributed by atoms with Crippen LogP contribution in [0.15, 0.2) is 34.5 Å². The maximum Gasteiger partial charge on any atom is 0.343 e. The Morgan fingerprint density at radius 1 is 1.39 bits per heavy atom. The molecule has 0 aromatic heterocycles. The SMILES string of the molecule is CCCOC(=O)C(C=Nc1cccc(C(=O)OC)c1Cl)=C(C)O. The molecule has 0 aliphatic rings. The number of halogens is 1. The van der Waals surface area contributed by atoms with Crippen LogP contribution in [-0.4, -0.2) is 37.0 Å². The zero-order chi connectivity index (χ0) is 17.4. The average molecular weight is 340 g/mol. The van der Waals surface area contributed by atoms with E-state index in [0.29, 0.717) is 6.42 Å². The molecular formula is C16H18ClNO5. The monoisotopic (exact) mass is 339 g/mol. The highest BCUT2D eigenvalue weighted by Crippen LogP contribution is 2.29. The van der Waals surface area contributed by atoms with E-state index in [1.165, 1.54) is 20.1 Å². The second kappa shape index (κ2) is 8.95. The summed E-state index contributed by atoms with van der Waals surface area (Å²) in [5.41, 5.74) is 0.332. The van der Waals surface area contributed by atoms with Crippen LogP contribution in [0, 0.1) is 0 Å². The maximum absolute atomic E-state index is 11.8. The second-order valence-corrected chi connectivity index (χ2v) is 4.90. The van der Waals surface area contributed by atoms with Gasteiger partial charge in [0.25, 0.3) is 0 Å². The molecule has 1 rings (SSSR count). The molecule has 0 aliphatic carbocycles. The summed E-state index contributed by atoms with van der Waals surface area (Å²) >= 11 is 6.10. The van der Waals surface area contributed by atoms with E-state index in [2.05, 4.69) is 9.73 Å². The van der Waals surface area contributed by atoms with Gasteiger partial charge in [0, 0.05) is 6.21 Å². The number of ether oxygens (including phenoxy) is 2. The van der Waals surface area contributed by atoms with E-state index in [-0.39, 0.29) is 34.2 Å². The van der Waals surface area contributed by atoms with Crippen LogP contribution in [0.4, 0.5) is 5.69 Å². The van der Waals surface area contributed by atoms with Crippen molar-refractivity contribution < 1.29 is 24.2 Å². The Balaban J connectivity index is 3.09. The number of hydrogen-bond donors (Lipinski definition) is 1. The van der Waals surface area contributed by atoms with Gasteiger partial charge < -0.3 is 14.6 Å². The molecular weight excluding hydrogens is 322 g/mol. The number of hydrogen-bond acceptors (Lipinski definition) is 6. The van der Waals surface area contributed by atoms with Crippen LogP contribution in [0.3, 0.4) is 0 Å². The first-order valence-corrected chi connectivity index (χ1v) is 7.28. The minimum atomic E-state index is -0.684. The fraction of sp³-hybridized carbons (Fsp3) is 0.312. The minimum Gasteiger partial charge on any atom is -0.512 e. The Labute approximate surface area is 139 Å². The predicted molar refractivity (Wildman–Crippen MR) is 87.5 cm³/mol. The molecule has 0 unspecified atom stereocenters. The predicted octanol–water partition coefficient (Wildman–Crippen LogP) is 3.61. The molecule has 0 fully saturated rings. The molecule has 0 atom stereocenters. The lowest BCUT2D eigenvalue weighted by Crippen LogP contribution is -2.11. The van der Waals surface area contributed by atoms with Gasteiger partial charge in [-0.25, -0.2) is 9.59 Å². The smallest absolute Gasteiger partial charge is 0.343 e. The van der Waals surface area contributed by atoms with Crippen molar-refractivity contribution in [2.24, 2.45) is 4.99 Å². The topological polar surface area (TPSA) is 85.2 Å². The number of rotatable bonds is 6. The number of aliphatic imine (C=N–C) groups is 1. The number of carbonyl (C=O) groups is 2. The Kier molecular flexibility index (Phi) is 7.28. The van der Waals surface area contributed by atoms with Crippen LogP contribution in [0.2, 0.25) is 5.02 Å². The quantitative estimate of drug-likeness (QED) is 0.370. The van der Waals surface area contributed by atoms with Gasteiger partial charge in [0.1, 0.15) is 11.3 Å². The lowest BCUT2D eigenvalue weighted by molar-refractivity contribution is -0.138. The number of esters is 2. The molecule has 1 aromatic carbocycles. The van der Waals surface area contributed by atoms with Gasteiger partial charge in [-0.1, -0.05) is 24.6 Å². The summed E-state index contributed by atoms with van der Waals surface area (Å²) in [6.45, 7) is 3.44. The van der Waals surface area contributed by atoms with Gasteiger partial charge in [-0.15, -0.1) is 0 Å². The largest absolute Gasteiger partial charge is 0.512 e. The van der Waals surface area contributed by atoms with Gasteiger partial charge in [0.05, 0.1) is 30.0 Å².